The Labute approximate surface area is 78.5 Å². The van der Waals surface area contributed by atoms with Gasteiger partial charge in [-0.25, -0.2) is 8.78 Å². The van der Waals surface area contributed by atoms with Crippen molar-refractivity contribution in [2.24, 2.45) is 5.73 Å². The summed E-state index contributed by atoms with van der Waals surface area (Å²) in [7, 11) is 0. The third-order valence-corrected chi connectivity index (χ3v) is 1.76. The first kappa shape index (κ1) is 10.5. The van der Waals surface area contributed by atoms with Crippen molar-refractivity contribution >= 4 is 5.69 Å². The van der Waals surface area contributed by atoms with E-state index in [0.717, 1.165) is 12.1 Å². The first-order valence-electron chi connectivity index (χ1n) is 3.80. The number of nitrogens with zero attached hydrogens (tertiary/aromatic N) is 1. The van der Waals surface area contributed by atoms with E-state index in [1.807, 2.05) is 0 Å². The molecule has 0 unspecified atom stereocenters. The number of rotatable bonds is 3. The highest BCUT2D eigenvalue weighted by atomic mass is 19.3. The van der Waals surface area contributed by atoms with Crippen LogP contribution in [-0.4, -0.2) is 11.3 Å². The van der Waals surface area contributed by atoms with E-state index in [0.29, 0.717) is 0 Å². The van der Waals surface area contributed by atoms with Crippen LogP contribution in [0.25, 0.3) is 0 Å². The van der Waals surface area contributed by atoms with Gasteiger partial charge in [0.25, 0.3) is 12.1 Å². The fourth-order valence-corrected chi connectivity index (χ4v) is 0.964. The van der Waals surface area contributed by atoms with Gasteiger partial charge in [-0.2, -0.15) is 0 Å². The minimum absolute atomic E-state index is 0.143. The van der Waals surface area contributed by atoms with Crippen LogP contribution in [0, 0.1) is 10.1 Å². The normalized spacial score (nSPS) is 12.9. The molecule has 6 heteroatoms. The molecule has 0 heterocycles. The maximum atomic E-state index is 12.1. The summed E-state index contributed by atoms with van der Waals surface area (Å²) < 4.78 is 24.2. The molecule has 76 valence electrons. The molecule has 0 saturated heterocycles. The molecule has 0 fully saturated rings. The van der Waals surface area contributed by atoms with Crippen molar-refractivity contribution < 1.29 is 13.7 Å². The Morgan fingerprint density at radius 1 is 1.29 bits per heavy atom. The van der Waals surface area contributed by atoms with Crippen LogP contribution in [0.4, 0.5) is 14.5 Å². The van der Waals surface area contributed by atoms with E-state index in [4.69, 9.17) is 5.73 Å². The smallest absolute Gasteiger partial charge is 0.269 e. The van der Waals surface area contributed by atoms with E-state index in [-0.39, 0.29) is 11.3 Å². The molecule has 1 aromatic carbocycles. The fraction of sp³-hybridized carbons (Fsp3) is 0.250. The van der Waals surface area contributed by atoms with Gasteiger partial charge >= 0.3 is 0 Å². The van der Waals surface area contributed by atoms with Gasteiger partial charge in [0.15, 0.2) is 0 Å². The zero-order valence-corrected chi connectivity index (χ0v) is 7.06. The van der Waals surface area contributed by atoms with Gasteiger partial charge in [0.2, 0.25) is 0 Å². The van der Waals surface area contributed by atoms with Gasteiger partial charge in [-0.3, -0.25) is 10.1 Å². The zero-order chi connectivity index (χ0) is 10.7. The van der Waals surface area contributed by atoms with Crippen molar-refractivity contribution in [2.75, 3.05) is 0 Å². The van der Waals surface area contributed by atoms with Crippen molar-refractivity contribution in [1.82, 2.24) is 0 Å². The number of nitrogens with two attached hydrogens (primary N) is 1. The summed E-state index contributed by atoms with van der Waals surface area (Å²) in [6, 6.07) is 3.37. The molecular weight excluding hydrogens is 194 g/mol. The Kier molecular flexibility index (Phi) is 3.08. The fourth-order valence-electron chi connectivity index (χ4n) is 0.964. The summed E-state index contributed by atoms with van der Waals surface area (Å²) in [4.78, 5) is 9.64. The van der Waals surface area contributed by atoms with Crippen LogP contribution in [0.15, 0.2) is 24.3 Å². The summed E-state index contributed by atoms with van der Waals surface area (Å²) in [6.07, 6.45) is -2.67. The van der Waals surface area contributed by atoms with Crippen LogP contribution in [0.2, 0.25) is 0 Å². The number of nitro groups is 1. The van der Waals surface area contributed by atoms with E-state index < -0.39 is 17.4 Å². The minimum Gasteiger partial charge on any atom is -0.319 e. The summed E-state index contributed by atoms with van der Waals surface area (Å²) in [5, 5.41) is 10.2. The average molecular weight is 202 g/mol. The molecular formula is C8H8F2N2O2. The molecule has 1 aromatic rings. The molecule has 2 N–H and O–H groups in total. The van der Waals surface area contributed by atoms with Crippen LogP contribution >= 0.6 is 0 Å². The number of benzene rings is 1. The molecule has 0 amide bonds. The molecule has 14 heavy (non-hydrogen) atoms. The maximum Gasteiger partial charge on any atom is 0.269 e. The Hall–Kier alpha value is -1.56. The van der Waals surface area contributed by atoms with Crippen molar-refractivity contribution in [2.45, 2.75) is 12.5 Å². The summed E-state index contributed by atoms with van der Waals surface area (Å²) in [6.45, 7) is 0. The van der Waals surface area contributed by atoms with Crippen LogP contribution in [0.5, 0.6) is 0 Å². The van der Waals surface area contributed by atoms with Crippen molar-refractivity contribution in [3.05, 3.63) is 39.9 Å². The third kappa shape index (κ3) is 2.23. The van der Waals surface area contributed by atoms with Crippen LogP contribution in [0.1, 0.15) is 11.6 Å². The van der Waals surface area contributed by atoms with E-state index in [2.05, 4.69) is 0 Å². The highest BCUT2D eigenvalue weighted by Gasteiger charge is 2.17. The van der Waals surface area contributed by atoms with Gasteiger partial charge < -0.3 is 5.73 Å². The quantitative estimate of drug-likeness (QED) is 0.600. The molecule has 0 aliphatic carbocycles. The second-order valence-corrected chi connectivity index (χ2v) is 2.71. The van der Waals surface area contributed by atoms with E-state index in [1.165, 1.54) is 12.1 Å². The molecule has 0 aromatic heterocycles. The van der Waals surface area contributed by atoms with Crippen LogP contribution < -0.4 is 5.73 Å². The summed E-state index contributed by atoms with van der Waals surface area (Å²) in [5.41, 5.74) is 5.19. The van der Waals surface area contributed by atoms with E-state index in [9.17, 15) is 18.9 Å². The van der Waals surface area contributed by atoms with E-state index in [1.54, 1.807) is 0 Å². The monoisotopic (exact) mass is 202 g/mol. The minimum atomic E-state index is -2.67. The van der Waals surface area contributed by atoms with E-state index >= 15 is 0 Å². The number of nitro benzene ring substituents is 1. The molecule has 0 saturated carbocycles. The molecule has 0 bridgehead atoms. The predicted octanol–water partition coefficient (Wildman–Crippen LogP) is 1.86. The number of hydrogen-bond acceptors (Lipinski definition) is 3. The zero-order valence-electron chi connectivity index (χ0n) is 7.06. The average Bonchev–Trinajstić information content (AvgIpc) is 2.16. The molecule has 0 aliphatic heterocycles. The standard InChI is InChI=1S/C8H8F2N2O2/c9-8(10)7(11)5-1-3-6(4-2-5)12(13)14/h1-4,7-8H,11H2/t7-/m0/s1. The Morgan fingerprint density at radius 3 is 2.14 bits per heavy atom. The number of alkyl halides is 2. The van der Waals surface area contributed by atoms with Crippen LogP contribution in [0.3, 0.4) is 0 Å². The van der Waals surface area contributed by atoms with Crippen molar-refractivity contribution in [3.8, 4) is 0 Å². The van der Waals surface area contributed by atoms with Gasteiger partial charge in [-0.1, -0.05) is 12.1 Å². The van der Waals surface area contributed by atoms with Gasteiger partial charge in [0.05, 0.1) is 11.0 Å². The van der Waals surface area contributed by atoms with Gasteiger partial charge in [-0.05, 0) is 5.56 Å². The molecule has 1 atom stereocenters. The Balaban J connectivity index is 2.88. The summed E-state index contributed by atoms with van der Waals surface area (Å²) in [5.74, 6) is 0. The maximum absolute atomic E-state index is 12.1. The lowest BCUT2D eigenvalue weighted by Gasteiger charge is -2.09. The Bertz CT molecular complexity index is 327. The van der Waals surface area contributed by atoms with Crippen molar-refractivity contribution in [3.63, 3.8) is 0 Å². The molecule has 0 radical (unpaired) electrons. The number of halogens is 2. The SMILES string of the molecule is N[C@@H](c1ccc([N+](=O)[O-])cc1)C(F)F. The van der Waals surface area contributed by atoms with Crippen LogP contribution in [-0.2, 0) is 0 Å². The first-order valence-corrected chi connectivity index (χ1v) is 3.80. The highest BCUT2D eigenvalue weighted by molar-refractivity contribution is 5.34. The number of hydrogen-bond donors (Lipinski definition) is 1. The van der Waals surface area contributed by atoms with Gasteiger partial charge in [0, 0.05) is 12.1 Å². The molecule has 1 rings (SSSR count). The van der Waals surface area contributed by atoms with Gasteiger partial charge in [-0.15, -0.1) is 0 Å². The molecule has 4 nitrogen and oxygen atoms in total. The first-order chi connectivity index (χ1) is 6.52. The molecule has 0 aliphatic rings. The highest BCUT2D eigenvalue weighted by Crippen LogP contribution is 2.20. The Morgan fingerprint density at radius 2 is 1.79 bits per heavy atom. The van der Waals surface area contributed by atoms with Gasteiger partial charge in [0.1, 0.15) is 0 Å². The number of non-ortho nitro benzene ring substituents is 1. The van der Waals surface area contributed by atoms with Crippen molar-refractivity contribution in [1.29, 1.82) is 0 Å². The lowest BCUT2D eigenvalue weighted by Crippen LogP contribution is -2.18. The second-order valence-electron chi connectivity index (χ2n) is 2.71. The second kappa shape index (κ2) is 4.10. The topological polar surface area (TPSA) is 69.2 Å². The predicted molar refractivity (Wildman–Crippen MR) is 46.0 cm³/mol. The lowest BCUT2D eigenvalue weighted by atomic mass is 10.1. The lowest BCUT2D eigenvalue weighted by molar-refractivity contribution is -0.384. The molecule has 0 spiro atoms. The summed E-state index contributed by atoms with van der Waals surface area (Å²) >= 11 is 0. The third-order valence-electron chi connectivity index (χ3n) is 1.76. The largest absolute Gasteiger partial charge is 0.319 e.